The second-order valence-electron chi connectivity index (χ2n) is 4.40. The van der Waals surface area contributed by atoms with Gasteiger partial charge in [-0.25, -0.2) is 0 Å². The second kappa shape index (κ2) is 4.71. The molecule has 0 aliphatic heterocycles. The molecule has 1 aromatic rings. The third kappa shape index (κ3) is 4.99. The van der Waals surface area contributed by atoms with Crippen LogP contribution in [0.15, 0.2) is 29.2 Å². The summed E-state index contributed by atoms with van der Waals surface area (Å²) in [5.41, 5.74) is 1.76. The van der Waals surface area contributed by atoms with Crippen molar-refractivity contribution in [1.29, 1.82) is 0 Å². The molecule has 0 aromatic heterocycles. The molecule has 0 atom stereocenters. The van der Waals surface area contributed by atoms with Crippen LogP contribution in [0, 0.1) is 5.41 Å². The summed E-state index contributed by atoms with van der Waals surface area (Å²) in [5.74, 6) is 0. The lowest BCUT2D eigenvalue weighted by molar-refractivity contribution is 0.411. The summed E-state index contributed by atoms with van der Waals surface area (Å²) in [4.78, 5) is 1.03. The van der Waals surface area contributed by atoms with Gasteiger partial charge in [0.15, 0.2) is 0 Å². The zero-order chi connectivity index (χ0) is 9.19. The molecule has 0 fully saturated rings. The summed E-state index contributed by atoms with van der Waals surface area (Å²) in [5, 5.41) is 0. The lowest BCUT2D eigenvalue weighted by Gasteiger charge is -2.17. The largest absolute Gasteiger partial charge is 0.143 e. The van der Waals surface area contributed by atoms with Crippen molar-refractivity contribution in [1.82, 2.24) is 0 Å². The van der Waals surface area contributed by atoms with Gasteiger partial charge in [0, 0.05) is 4.90 Å². The molecule has 0 saturated heterocycles. The molecule has 0 amide bonds. The molecule has 1 heteroatoms. The van der Waals surface area contributed by atoms with Gasteiger partial charge in [0.05, 0.1) is 0 Å². The van der Waals surface area contributed by atoms with Crippen LogP contribution >= 0.6 is 12.6 Å². The van der Waals surface area contributed by atoms with Gasteiger partial charge < -0.3 is 0 Å². The number of benzene rings is 1. The molecule has 13 heavy (non-hydrogen) atoms. The van der Waals surface area contributed by atoms with Crippen molar-refractivity contribution in [2.45, 2.75) is 39.5 Å². The van der Waals surface area contributed by atoms with Gasteiger partial charge in [-0.05, 0) is 29.5 Å². The smallest absolute Gasteiger partial charge is 0.00401 e. The van der Waals surface area contributed by atoms with Crippen molar-refractivity contribution in [3.8, 4) is 0 Å². The minimum Gasteiger partial charge on any atom is -0.143 e. The fourth-order valence-corrected chi connectivity index (χ4v) is 1.38. The summed E-state index contributed by atoms with van der Waals surface area (Å²) in [7, 11) is 0. The summed E-state index contributed by atoms with van der Waals surface area (Å²) >= 11 is 4.24. The molecule has 0 heterocycles. The molecule has 1 rings (SSSR count). The first-order chi connectivity index (χ1) is 5.47. The maximum Gasteiger partial charge on any atom is 0.00401 e. The van der Waals surface area contributed by atoms with Crippen LogP contribution < -0.4 is 0 Å². The fraction of sp³-hybridized carbons (Fsp3) is 0.500. The zero-order valence-corrected chi connectivity index (χ0v) is 8.86. The topological polar surface area (TPSA) is 0 Å². The molecule has 0 spiro atoms. The average Bonchev–Trinajstić information content (AvgIpc) is 1.91. The summed E-state index contributed by atoms with van der Waals surface area (Å²) in [6.07, 6.45) is 1.13. The van der Waals surface area contributed by atoms with Crippen LogP contribution in [0.25, 0.3) is 0 Å². The number of rotatable bonds is 1. The van der Waals surface area contributed by atoms with E-state index in [9.17, 15) is 0 Å². The minimum atomic E-state index is 0. The summed E-state index contributed by atoms with van der Waals surface area (Å²) in [6, 6.07) is 8.38. The average molecular weight is 196 g/mol. The molecular formula is C12H20S. The molecule has 0 N–H and O–H groups in total. The van der Waals surface area contributed by atoms with Crippen molar-refractivity contribution in [2.24, 2.45) is 5.41 Å². The lowest BCUT2D eigenvalue weighted by Crippen LogP contribution is -2.08. The monoisotopic (exact) mass is 196 g/mol. The first-order valence-electron chi connectivity index (χ1n) is 4.25. The van der Waals surface area contributed by atoms with Gasteiger partial charge in [-0.15, -0.1) is 12.6 Å². The maximum absolute atomic E-state index is 4.24. The van der Waals surface area contributed by atoms with Crippen LogP contribution in [0.5, 0.6) is 0 Å². The Kier molecular flexibility index (Phi) is 4.55. The highest BCUT2D eigenvalue weighted by atomic mass is 32.1. The van der Waals surface area contributed by atoms with Crippen molar-refractivity contribution >= 4 is 12.6 Å². The minimum absolute atomic E-state index is 0. The van der Waals surface area contributed by atoms with Crippen LogP contribution in [-0.4, -0.2) is 0 Å². The first kappa shape index (κ1) is 12.6. The Hall–Kier alpha value is -0.430. The van der Waals surface area contributed by atoms with Crippen molar-refractivity contribution < 1.29 is 0 Å². The van der Waals surface area contributed by atoms with Crippen molar-refractivity contribution in [3.63, 3.8) is 0 Å². The molecule has 0 saturated carbocycles. The Morgan fingerprint density at radius 3 is 1.92 bits per heavy atom. The fourth-order valence-electron chi connectivity index (χ4n) is 1.23. The lowest BCUT2D eigenvalue weighted by atomic mass is 9.88. The van der Waals surface area contributed by atoms with Gasteiger partial charge in [-0.1, -0.05) is 40.3 Å². The van der Waals surface area contributed by atoms with Gasteiger partial charge in [-0.3, -0.25) is 0 Å². The van der Waals surface area contributed by atoms with Gasteiger partial charge in [0.1, 0.15) is 0 Å². The van der Waals surface area contributed by atoms with Crippen LogP contribution in [0.4, 0.5) is 0 Å². The molecule has 0 nitrogen and oxygen atoms in total. The van der Waals surface area contributed by atoms with E-state index in [-0.39, 0.29) is 7.43 Å². The number of hydrogen-bond donors (Lipinski definition) is 1. The molecule has 1 aromatic carbocycles. The quantitative estimate of drug-likeness (QED) is 0.639. The van der Waals surface area contributed by atoms with Gasteiger partial charge in [-0.2, -0.15) is 0 Å². The summed E-state index contributed by atoms with van der Waals surface area (Å²) < 4.78 is 0. The van der Waals surface area contributed by atoms with Crippen LogP contribution in [0.3, 0.4) is 0 Å². The van der Waals surface area contributed by atoms with E-state index in [2.05, 4.69) is 45.5 Å². The Morgan fingerprint density at radius 1 is 1.08 bits per heavy atom. The van der Waals surface area contributed by atoms with E-state index in [1.54, 1.807) is 0 Å². The third-order valence-corrected chi connectivity index (χ3v) is 1.97. The van der Waals surface area contributed by atoms with E-state index in [4.69, 9.17) is 0 Å². The SMILES string of the molecule is C.CC(C)(C)Cc1ccc(S)cc1. The Balaban J connectivity index is 0.00000144. The maximum atomic E-state index is 4.24. The summed E-state index contributed by atoms with van der Waals surface area (Å²) in [6.45, 7) is 6.75. The second-order valence-corrected chi connectivity index (χ2v) is 4.92. The highest BCUT2D eigenvalue weighted by Crippen LogP contribution is 2.21. The van der Waals surface area contributed by atoms with E-state index in [1.807, 2.05) is 12.1 Å². The van der Waals surface area contributed by atoms with E-state index in [1.165, 1.54) is 5.56 Å². The molecule has 74 valence electrons. The number of thiol groups is 1. The first-order valence-corrected chi connectivity index (χ1v) is 4.70. The molecule has 0 aliphatic rings. The molecular weight excluding hydrogens is 176 g/mol. The van der Waals surface area contributed by atoms with Crippen LogP contribution in [0.2, 0.25) is 0 Å². The Morgan fingerprint density at radius 2 is 1.54 bits per heavy atom. The molecule has 0 unspecified atom stereocenters. The zero-order valence-electron chi connectivity index (χ0n) is 7.96. The Bertz CT molecular complexity index is 241. The van der Waals surface area contributed by atoms with Gasteiger partial charge in [0.2, 0.25) is 0 Å². The van der Waals surface area contributed by atoms with Gasteiger partial charge in [0.25, 0.3) is 0 Å². The van der Waals surface area contributed by atoms with E-state index in [0.717, 1.165) is 11.3 Å². The number of hydrogen-bond acceptors (Lipinski definition) is 1. The molecule has 0 radical (unpaired) electrons. The standard InChI is InChI=1S/C11H16S.CH4/c1-11(2,3)8-9-4-6-10(12)7-5-9;/h4-7,12H,8H2,1-3H3;1H4. The predicted octanol–water partition coefficient (Wildman–Crippen LogP) is 4.20. The van der Waals surface area contributed by atoms with Crippen LogP contribution in [0.1, 0.15) is 33.8 Å². The van der Waals surface area contributed by atoms with Crippen molar-refractivity contribution in [3.05, 3.63) is 29.8 Å². The Labute approximate surface area is 87.8 Å². The molecule has 0 bridgehead atoms. The van der Waals surface area contributed by atoms with Crippen molar-refractivity contribution in [2.75, 3.05) is 0 Å². The van der Waals surface area contributed by atoms with E-state index < -0.39 is 0 Å². The molecule has 0 aliphatic carbocycles. The normalized spacial score (nSPS) is 10.8. The van der Waals surface area contributed by atoms with Crippen LogP contribution in [-0.2, 0) is 6.42 Å². The highest BCUT2D eigenvalue weighted by molar-refractivity contribution is 7.80. The van der Waals surface area contributed by atoms with Gasteiger partial charge >= 0.3 is 0 Å². The predicted molar refractivity (Wildman–Crippen MR) is 63.6 cm³/mol. The third-order valence-electron chi connectivity index (χ3n) is 1.67. The van der Waals surface area contributed by atoms with E-state index >= 15 is 0 Å². The van der Waals surface area contributed by atoms with E-state index in [0.29, 0.717) is 5.41 Å². The highest BCUT2D eigenvalue weighted by Gasteiger charge is 2.10.